The molecule has 0 unspecified atom stereocenters. The number of nitrogens with zero attached hydrogens (tertiary/aromatic N) is 2. The van der Waals surface area contributed by atoms with Crippen molar-refractivity contribution in [3.8, 4) is 5.88 Å². The lowest BCUT2D eigenvalue weighted by Gasteiger charge is -2.29. The molecule has 0 bridgehead atoms. The van der Waals surface area contributed by atoms with E-state index < -0.39 is 29.4 Å². The number of aliphatic carboxylic acids is 1. The summed E-state index contributed by atoms with van der Waals surface area (Å²) < 4.78 is 20.4. The van der Waals surface area contributed by atoms with Crippen molar-refractivity contribution < 1.29 is 28.6 Å². The Morgan fingerprint density at radius 3 is 2.80 bits per heavy atom. The molecule has 0 spiro atoms. The number of carbonyl (C=O) groups is 3. The highest BCUT2D eigenvalue weighted by atomic mass is 19.1. The van der Waals surface area contributed by atoms with E-state index in [4.69, 9.17) is 4.74 Å². The van der Waals surface area contributed by atoms with Gasteiger partial charge in [-0.25, -0.2) is 9.37 Å². The van der Waals surface area contributed by atoms with Crippen LogP contribution in [0.5, 0.6) is 5.88 Å². The molecule has 2 aromatic carbocycles. The third kappa shape index (κ3) is 6.12. The second-order valence-corrected chi connectivity index (χ2v) is 12.8. The van der Waals surface area contributed by atoms with E-state index in [0.29, 0.717) is 30.7 Å². The Morgan fingerprint density at radius 1 is 1.14 bits per heavy atom. The molecule has 2 fully saturated rings. The molecule has 7 nitrogen and oxygen atoms in total. The number of aryl methyl sites for hydroxylation is 1. The van der Waals surface area contributed by atoms with Crippen molar-refractivity contribution in [2.24, 2.45) is 17.3 Å². The number of hydrogen-bond acceptors (Lipinski definition) is 5. The Hall–Kier alpha value is -4.07. The summed E-state index contributed by atoms with van der Waals surface area (Å²) in [6.07, 6.45) is 10.5. The number of hydrogen-bond donors (Lipinski definition) is 1. The van der Waals surface area contributed by atoms with Crippen LogP contribution < -0.4 is 4.74 Å². The van der Waals surface area contributed by atoms with Gasteiger partial charge in [0.15, 0.2) is 5.78 Å². The van der Waals surface area contributed by atoms with Gasteiger partial charge in [0.05, 0.1) is 18.0 Å². The predicted molar refractivity (Wildman–Crippen MR) is 165 cm³/mol. The Kier molecular flexibility index (Phi) is 8.52. The van der Waals surface area contributed by atoms with Crippen LogP contribution in [0.3, 0.4) is 0 Å². The maximum Gasteiger partial charge on any atom is 0.310 e. The molecule has 8 heteroatoms. The van der Waals surface area contributed by atoms with Crippen LogP contribution >= 0.6 is 0 Å². The average molecular weight is 599 g/mol. The SMILES string of the molecule is Cc1cc(C[C@H]2CCCCC/C=C\[C@H]3C[C@@]3(C(=O)O)CC(=O)[C@@H]3C[C@@H](Oc4nccc5ccccc45)CN3C2=O)ccc1F. The fourth-order valence-electron chi connectivity index (χ4n) is 7.07. The minimum atomic E-state index is -1.12. The Bertz CT molecular complexity index is 1600. The first-order chi connectivity index (χ1) is 21.2. The smallest absolute Gasteiger partial charge is 0.310 e. The number of fused-ring (bicyclic) bond motifs is 3. The standard InChI is InChI=1S/C36H39FN2O5/c1-23-17-24(13-14-30(23)37)18-26-10-5-3-2-4-6-11-27-20-36(27,35(42)43)21-32(40)31-19-28(22-39(31)34(26)41)44-33-29-12-8-7-9-25(29)15-16-38-33/h6-9,11-17,26-28,31H,2-5,10,18-22H2,1H3,(H,42,43)/b11-6-/t26-,27+,28-,31+,36-/m1/s1. The number of benzene rings is 2. The second kappa shape index (κ2) is 12.5. The Morgan fingerprint density at radius 2 is 1.98 bits per heavy atom. The summed E-state index contributed by atoms with van der Waals surface area (Å²) in [6, 6.07) is 13.8. The maximum atomic E-state index is 14.4. The zero-order chi connectivity index (χ0) is 30.8. The van der Waals surface area contributed by atoms with Crippen molar-refractivity contribution in [3.05, 3.63) is 83.8 Å². The van der Waals surface area contributed by atoms with Crippen LogP contribution in [0.15, 0.2) is 66.9 Å². The first-order valence-corrected chi connectivity index (χ1v) is 15.7. The van der Waals surface area contributed by atoms with Crippen LogP contribution in [0.25, 0.3) is 10.8 Å². The van der Waals surface area contributed by atoms with Crippen LogP contribution in [0, 0.1) is 30.0 Å². The summed E-state index contributed by atoms with van der Waals surface area (Å²) in [7, 11) is 0. The van der Waals surface area contributed by atoms with Crippen molar-refractivity contribution in [2.45, 2.75) is 76.9 Å². The molecule has 44 heavy (non-hydrogen) atoms. The number of aromatic nitrogens is 1. The van der Waals surface area contributed by atoms with Crippen molar-refractivity contribution >= 4 is 28.4 Å². The average Bonchev–Trinajstić information content (AvgIpc) is 3.55. The number of carboxylic acid groups (broad SMARTS) is 1. The molecule has 1 aliphatic carbocycles. The van der Waals surface area contributed by atoms with Gasteiger partial charge in [-0.05, 0) is 79.7 Å². The van der Waals surface area contributed by atoms with Gasteiger partial charge < -0.3 is 14.7 Å². The third-order valence-corrected chi connectivity index (χ3v) is 9.73. The van der Waals surface area contributed by atoms with Crippen LogP contribution in [-0.2, 0) is 20.8 Å². The molecule has 230 valence electrons. The number of ketones is 1. The van der Waals surface area contributed by atoms with E-state index in [1.807, 2.05) is 42.5 Å². The van der Waals surface area contributed by atoms with Crippen molar-refractivity contribution in [2.75, 3.05) is 6.54 Å². The van der Waals surface area contributed by atoms with Crippen molar-refractivity contribution in [1.29, 1.82) is 0 Å². The molecule has 3 aromatic rings. The Labute approximate surface area is 257 Å². The van der Waals surface area contributed by atoms with Crippen LogP contribution in [0.1, 0.15) is 62.5 Å². The van der Waals surface area contributed by atoms with E-state index >= 15 is 0 Å². The minimum absolute atomic E-state index is 0.118. The van der Waals surface area contributed by atoms with Gasteiger partial charge in [0.2, 0.25) is 11.8 Å². The first-order valence-electron chi connectivity index (χ1n) is 15.7. The van der Waals surface area contributed by atoms with E-state index in [1.54, 1.807) is 30.2 Å². The summed E-state index contributed by atoms with van der Waals surface area (Å²) in [5.41, 5.74) is 0.287. The molecule has 1 N–H and O–H groups in total. The summed E-state index contributed by atoms with van der Waals surface area (Å²) in [4.78, 5) is 46.9. The van der Waals surface area contributed by atoms with E-state index in [9.17, 15) is 23.9 Å². The zero-order valence-electron chi connectivity index (χ0n) is 25.1. The highest BCUT2D eigenvalue weighted by Crippen LogP contribution is 2.57. The molecular weight excluding hydrogens is 559 g/mol. The number of rotatable bonds is 5. The van der Waals surface area contributed by atoms with Gasteiger partial charge in [-0.2, -0.15) is 0 Å². The fraction of sp³-hybridized carbons (Fsp3) is 0.444. The molecule has 1 saturated heterocycles. The quantitative estimate of drug-likeness (QED) is 0.339. The summed E-state index contributed by atoms with van der Waals surface area (Å²) in [5, 5.41) is 12.0. The Balaban J connectivity index is 1.31. The van der Waals surface area contributed by atoms with Gasteiger partial charge in [0.25, 0.3) is 0 Å². The lowest BCUT2D eigenvalue weighted by Crippen LogP contribution is -2.45. The molecule has 3 aliphatic rings. The minimum Gasteiger partial charge on any atom is -0.481 e. The topological polar surface area (TPSA) is 96.8 Å². The van der Waals surface area contributed by atoms with Crippen molar-refractivity contribution in [1.82, 2.24) is 9.88 Å². The predicted octanol–water partition coefficient (Wildman–Crippen LogP) is 6.46. The van der Waals surface area contributed by atoms with Gasteiger partial charge in [-0.15, -0.1) is 0 Å². The number of allylic oxidation sites excluding steroid dienone is 2. The summed E-state index contributed by atoms with van der Waals surface area (Å²) >= 11 is 0. The number of carboxylic acids is 1. The fourth-order valence-corrected chi connectivity index (χ4v) is 7.07. The highest BCUT2D eigenvalue weighted by molar-refractivity contribution is 5.95. The second-order valence-electron chi connectivity index (χ2n) is 12.8. The lowest BCUT2D eigenvalue weighted by atomic mass is 9.90. The molecule has 1 aromatic heterocycles. The summed E-state index contributed by atoms with van der Waals surface area (Å²) in [6.45, 7) is 1.93. The largest absolute Gasteiger partial charge is 0.481 e. The summed E-state index contributed by atoms with van der Waals surface area (Å²) in [5.74, 6) is -1.74. The van der Waals surface area contributed by atoms with Crippen LogP contribution in [0.4, 0.5) is 4.39 Å². The van der Waals surface area contributed by atoms with Crippen LogP contribution in [-0.4, -0.2) is 51.3 Å². The molecule has 3 heterocycles. The lowest BCUT2D eigenvalue weighted by molar-refractivity contribution is -0.147. The normalized spacial score (nSPS) is 28.5. The van der Waals surface area contributed by atoms with E-state index in [0.717, 1.165) is 42.0 Å². The van der Waals surface area contributed by atoms with Gasteiger partial charge in [0.1, 0.15) is 11.9 Å². The molecule has 0 radical (unpaired) electrons. The molecule has 1 amide bonds. The van der Waals surface area contributed by atoms with E-state index in [1.165, 1.54) is 6.07 Å². The van der Waals surface area contributed by atoms with Gasteiger partial charge in [-0.3, -0.25) is 14.4 Å². The number of pyridine rings is 1. The molecule has 2 aliphatic heterocycles. The van der Waals surface area contributed by atoms with Gasteiger partial charge >= 0.3 is 5.97 Å². The molecule has 6 rings (SSSR count). The zero-order valence-corrected chi connectivity index (χ0v) is 25.1. The molecular formula is C36H39FN2O5. The number of halogens is 1. The molecule has 5 atom stereocenters. The maximum absolute atomic E-state index is 14.4. The first kappa shape index (κ1) is 30.0. The van der Waals surface area contributed by atoms with Crippen molar-refractivity contribution in [3.63, 3.8) is 0 Å². The number of carbonyl (C=O) groups excluding carboxylic acids is 2. The van der Waals surface area contributed by atoms with E-state index in [2.05, 4.69) is 4.98 Å². The number of ether oxygens (including phenoxy) is 1. The third-order valence-electron chi connectivity index (χ3n) is 9.73. The van der Waals surface area contributed by atoms with Crippen LogP contribution in [0.2, 0.25) is 0 Å². The monoisotopic (exact) mass is 598 g/mol. The highest BCUT2D eigenvalue weighted by Gasteiger charge is 2.61. The van der Waals surface area contributed by atoms with Gasteiger partial charge in [0, 0.05) is 30.3 Å². The number of Topliss-reactive ketones (excluding diaryl/α,β-unsaturated/α-hetero) is 1. The molecule has 1 saturated carbocycles. The van der Waals surface area contributed by atoms with Gasteiger partial charge in [-0.1, -0.05) is 55.3 Å². The number of amides is 1. The van der Waals surface area contributed by atoms with E-state index in [-0.39, 0.29) is 42.8 Å².